The highest BCUT2D eigenvalue weighted by atomic mass is 35.5. The van der Waals surface area contributed by atoms with Crippen LogP contribution in [0.4, 0.5) is 10.1 Å². The zero-order valence-corrected chi connectivity index (χ0v) is 18.1. The Morgan fingerprint density at radius 3 is 2.48 bits per heavy atom. The SMILES string of the molecule is OC[C@@H]1O[C@H](CNCc2cccc(Cl)c2)[C@H](N2CCN(c3ccc(F)cc3)CC2)[C@@H]1O. The number of hydrogen-bond acceptors (Lipinski definition) is 6. The van der Waals surface area contributed by atoms with Crippen LogP contribution in [0.3, 0.4) is 0 Å². The van der Waals surface area contributed by atoms with Crippen LogP contribution >= 0.6 is 11.6 Å². The molecule has 4 atom stereocenters. The summed E-state index contributed by atoms with van der Waals surface area (Å²) in [7, 11) is 0. The molecule has 31 heavy (non-hydrogen) atoms. The molecule has 0 aromatic heterocycles. The first-order valence-electron chi connectivity index (χ1n) is 10.7. The Kier molecular flexibility index (Phi) is 7.43. The van der Waals surface area contributed by atoms with E-state index in [9.17, 15) is 14.6 Å². The van der Waals surface area contributed by atoms with Gasteiger partial charge >= 0.3 is 0 Å². The molecule has 0 bridgehead atoms. The van der Waals surface area contributed by atoms with Crippen LogP contribution in [0.2, 0.25) is 5.02 Å². The van der Waals surface area contributed by atoms with Crippen molar-refractivity contribution < 1.29 is 19.3 Å². The maximum Gasteiger partial charge on any atom is 0.123 e. The lowest BCUT2D eigenvalue weighted by molar-refractivity contribution is -0.0213. The molecule has 6 nitrogen and oxygen atoms in total. The van der Waals surface area contributed by atoms with E-state index in [2.05, 4.69) is 15.1 Å². The van der Waals surface area contributed by atoms with Crippen molar-refractivity contribution in [2.24, 2.45) is 0 Å². The molecular formula is C23H29ClFN3O3. The van der Waals surface area contributed by atoms with Gasteiger partial charge in [0.05, 0.1) is 18.8 Å². The molecule has 2 saturated heterocycles. The van der Waals surface area contributed by atoms with Crippen molar-refractivity contribution in [1.82, 2.24) is 10.2 Å². The molecule has 8 heteroatoms. The van der Waals surface area contributed by atoms with Gasteiger partial charge in [-0.3, -0.25) is 4.90 Å². The number of halogens is 2. The van der Waals surface area contributed by atoms with Crippen molar-refractivity contribution in [3.63, 3.8) is 0 Å². The van der Waals surface area contributed by atoms with Crippen LogP contribution in [0.5, 0.6) is 0 Å². The Morgan fingerprint density at radius 1 is 1.06 bits per heavy atom. The van der Waals surface area contributed by atoms with E-state index in [1.807, 2.05) is 24.3 Å². The van der Waals surface area contributed by atoms with Gasteiger partial charge in [-0.05, 0) is 42.0 Å². The number of rotatable bonds is 7. The quantitative estimate of drug-likeness (QED) is 0.599. The third-order valence-corrected chi connectivity index (χ3v) is 6.37. The number of benzene rings is 2. The molecule has 3 N–H and O–H groups in total. The highest BCUT2D eigenvalue weighted by molar-refractivity contribution is 6.30. The van der Waals surface area contributed by atoms with Crippen molar-refractivity contribution in [2.75, 3.05) is 44.2 Å². The lowest BCUT2D eigenvalue weighted by Crippen LogP contribution is -2.57. The number of aliphatic hydroxyl groups excluding tert-OH is 2. The van der Waals surface area contributed by atoms with Crippen molar-refractivity contribution in [3.05, 3.63) is 64.9 Å². The van der Waals surface area contributed by atoms with Gasteiger partial charge in [-0.2, -0.15) is 0 Å². The van der Waals surface area contributed by atoms with Gasteiger partial charge < -0.3 is 25.2 Å². The molecule has 0 unspecified atom stereocenters. The monoisotopic (exact) mass is 449 g/mol. The van der Waals surface area contributed by atoms with Gasteiger partial charge in [0.15, 0.2) is 0 Å². The van der Waals surface area contributed by atoms with Gasteiger partial charge in [-0.25, -0.2) is 4.39 Å². The largest absolute Gasteiger partial charge is 0.394 e. The fourth-order valence-corrected chi connectivity index (χ4v) is 4.75. The van der Waals surface area contributed by atoms with Crippen LogP contribution in [0.25, 0.3) is 0 Å². The summed E-state index contributed by atoms with van der Waals surface area (Å²) in [5.74, 6) is -0.239. The van der Waals surface area contributed by atoms with Crippen LogP contribution in [0.15, 0.2) is 48.5 Å². The Bertz CT molecular complexity index is 848. The zero-order valence-electron chi connectivity index (χ0n) is 17.3. The van der Waals surface area contributed by atoms with Crippen LogP contribution < -0.4 is 10.2 Å². The number of nitrogens with one attached hydrogen (secondary N) is 1. The van der Waals surface area contributed by atoms with Gasteiger partial charge in [0.2, 0.25) is 0 Å². The molecule has 2 aliphatic rings. The maximum atomic E-state index is 13.2. The first-order chi connectivity index (χ1) is 15.0. The first kappa shape index (κ1) is 22.5. The number of piperazine rings is 1. The average Bonchev–Trinajstić information content (AvgIpc) is 3.10. The highest BCUT2D eigenvalue weighted by Crippen LogP contribution is 2.28. The number of aliphatic hydroxyl groups is 2. The Hall–Kier alpha value is -1.74. The smallest absolute Gasteiger partial charge is 0.123 e. The molecule has 2 fully saturated rings. The Labute approximate surface area is 187 Å². The number of ether oxygens (including phenoxy) is 1. The summed E-state index contributed by atoms with van der Waals surface area (Å²) in [5, 5.41) is 24.5. The normalized spacial score (nSPS) is 27.0. The third-order valence-electron chi connectivity index (χ3n) is 6.13. The van der Waals surface area contributed by atoms with Gasteiger partial charge in [0, 0.05) is 50.0 Å². The zero-order chi connectivity index (χ0) is 21.8. The van der Waals surface area contributed by atoms with E-state index in [0.29, 0.717) is 18.1 Å². The topological polar surface area (TPSA) is 68.2 Å². The summed E-state index contributed by atoms with van der Waals surface area (Å²) >= 11 is 6.05. The third kappa shape index (κ3) is 5.37. The van der Waals surface area contributed by atoms with E-state index in [0.717, 1.165) is 37.4 Å². The van der Waals surface area contributed by atoms with Crippen molar-refractivity contribution >= 4 is 17.3 Å². The number of hydrogen-bond donors (Lipinski definition) is 3. The van der Waals surface area contributed by atoms with Gasteiger partial charge in [0.25, 0.3) is 0 Å². The molecule has 2 aliphatic heterocycles. The molecule has 0 radical (unpaired) electrons. The van der Waals surface area contributed by atoms with Crippen LogP contribution in [-0.4, -0.2) is 78.8 Å². The second-order valence-corrected chi connectivity index (χ2v) is 8.57. The predicted molar refractivity (Wildman–Crippen MR) is 119 cm³/mol. The average molecular weight is 450 g/mol. The molecule has 0 saturated carbocycles. The summed E-state index contributed by atoms with van der Waals surface area (Å²) in [6.45, 7) is 4.06. The number of anilines is 1. The maximum absolute atomic E-state index is 13.2. The van der Waals surface area contributed by atoms with Gasteiger partial charge in [-0.15, -0.1) is 0 Å². The summed E-state index contributed by atoms with van der Waals surface area (Å²) in [5.41, 5.74) is 2.08. The van der Waals surface area contributed by atoms with E-state index >= 15 is 0 Å². The van der Waals surface area contributed by atoms with Crippen LogP contribution in [0, 0.1) is 5.82 Å². The second kappa shape index (κ2) is 10.3. The molecular weight excluding hydrogens is 421 g/mol. The molecule has 4 rings (SSSR count). The van der Waals surface area contributed by atoms with Crippen molar-refractivity contribution in [2.45, 2.75) is 30.9 Å². The molecule has 2 heterocycles. The number of nitrogens with zero attached hydrogens (tertiary/aromatic N) is 2. The van der Waals surface area contributed by atoms with E-state index in [4.69, 9.17) is 16.3 Å². The Balaban J connectivity index is 1.36. The molecule has 0 spiro atoms. The van der Waals surface area contributed by atoms with E-state index in [1.165, 1.54) is 12.1 Å². The van der Waals surface area contributed by atoms with E-state index in [1.54, 1.807) is 12.1 Å². The van der Waals surface area contributed by atoms with Crippen LogP contribution in [0.1, 0.15) is 5.56 Å². The van der Waals surface area contributed by atoms with E-state index in [-0.39, 0.29) is 24.6 Å². The molecule has 0 aliphatic carbocycles. The fourth-order valence-electron chi connectivity index (χ4n) is 4.53. The fraction of sp³-hybridized carbons (Fsp3) is 0.478. The van der Waals surface area contributed by atoms with Crippen molar-refractivity contribution in [3.8, 4) is 0 Å². The second-order valence-electron chi connectivity index (χ2n) is 8.14. The minimum atomic E-state index is -0.750. The van der Waals surface area contributed by atoms with Crippen molar-refractivity contribution in [1.29, 1.82) is 0 Å². The molecule has 2 aromatic rings. The predicted octanol–water partition coefficient (Wildman–Crippen LogP) is 1.88. The molecule has 2 aromatic carbocycles. The summed E-state index contributed by atoms with van der Waals surface area (Å²) < 4.78 is 19.2. The first-order valence-corrected chi connectivity index (χ1v) is 11.1. The van der Waals surface area contributed by atoms with Gasteiger partial charge in [0.1, 0.15) is 18.0 Å². The summed E-state index contributed by atoms with van der Waals surface area (Å²) in [4.78, 5) is 4.46. The minimum Gasteiger partial charge on any atom is -0.394 e. The lowest BCUT2D eigenvalue weighted by Gasteiger charge is -2.41. The lowest BCUT2D eigenvalue weighted by atomic mass is 10.0. The standard InChI is InChI=1S/C23H29ClFN3O3/c24-17-3-1-2-16(12-17)13-26-14-20-22(23(30)21(15-29)31-20)28-10-8-27(9-11-28)19-6-4-18(25)5-7-19/h1-7,12,20-23,26,29-30H,8-11,13-15H2/t20-,21+,22+,23-/m1/s1. The highest BCUT2D eigenvalue weighted by Gasteiger charge is 2.46. The molecule has 0 amide bonds. The van der Waals surface area contributed by atoms with E-state index < -0.39 is 12.2 Å². The molecule has 168 valence electrons. The summed E-state index contributed by atoms with van der Waals surface area (Å²) in [6, 6.07) is 14.0. The minimum absolute atomic E-state index is 0.195. The summed E-state index contributed by atoms with van der Waals surface area (Å²) in [6.07, 6.45) is -1.57. The Morgan fingerprint density at radius 2 is 1.81 bits per heavy atom. The van der Waals surface area contributed by atoms with Gasteiger partial charge in [-0.1, -0.05) is 23.7 Å². The van der Waals surface area contributed by atoms with Crippen LogP contribution in [-0.2, 0) is 11.3 Å².